The Balaban J connectivity index is 2.68. The third-order valence-electron chi connectivity index (χ3n) is 2.76. The second-order valence-electron chi connectivity index (χ2n) is 3.89. The van der Waals surface area contributed by atoms with Crippen LogP contribution in [0.4, 0.5) is 11.4 Å². The minimum atomic E-state index is 0.583. The van der Waals surface area contributed by atoms with E-state index in [9.17, 15) is 0 Å². The molecule has 94 valence electrons. The lowest BCUT2D eigenvalue weighted by molar-refractivity contribution is 0.411. The summed E-state index contributed by atoms with van der Waals surface area (Å²) in [5.41, 5.74) is 14.7. The molecule has 0 saturated carbocycles. The first kappa shape index (κ1) is 12.1. The highest BCUT2D eigenvalue weighted by atomic mass is 16.5. The van der Waals surface area contributed by atoms with Crippen molar-refractivity contribution in [3.8, 4) is 22.6 Å². The van der Waals surface area contributed by atoms with Gasteiger partial charge in [-0.25, -0.2) is 0 Å². The Morgan fingerprint density at radius 3 is 2.33 bits per heavy atom. The summed E-state index contributed by atoms with van der Waals surface area (Å²) in [6, 6.07) is 11.0. The smallest absolute Gasteiger partial charge is 0.149 e. The van der Waals surface area contributed by atoms with Crippen LogP contribution in [0.2, 0.25) is 0 Å². The molecule has 2 aromatic rings. The maximum Gasteiger partial charge on any atom is 0.149 e. The molecule has 4 N–H and O–H groups in total. The van der Waals surface area contributed by atoms with Crippen molar-refractivity contribution in [2.75, 3.05) is 25.7 Å². The van der Waals surface area contributed by atoms with Gasteiger partial charge in [0.05, 0.1) is 19.9 Å². The molecule has 0 unspecified atom stereocenters. The summed E-state index contributed by atoms with van der Waals surface area (Å²) < 4.78 is 10.7. The lowest BCUT2D eigenvalue weighted by Crippen LogP contribution is -1.97. The average Bonchev–Trinajstić information content (AvgIpc) is 2.38. The molecule has 0 aliphatic carbocycles. The maximum absolute atomic E-state index is 5.90. The van der Waals surface area contributed by atoms with Crippen LogP contribution in [0.25, 0.3) is 11.1 Å². The lowest BCUT2D eigenvalue weighted by Gasteiger charge is -2.14. The van der Waals surface area contributed by atoms with E-state index in [-0.39, 0.29) is 0 Å². The third kappa shape index (κ3) is 2.05. The first-order valence-electron chi connectivity index (χ1n) is 5.53. The Hall–Kier alpha value is -2.36. The van der Waals surface area contributed by atoms with Gasteiger partial charge in [-0.15, -0.1) is 0 Å². The van der Waals surface area contributed by atoms with E-state index in [0.29, 0.717) is 17.1 Å². The van der Waals surface area contributed by atoms with Gasteiger partial charge in [0.1, 0.15) is 11.5 Å². The van der Waals surface area contributed by atoms with Crippen LogP contribution in [0.1, 0.15) is 0 Å². The van der Waals surface area contributed by atoms with Gasteiger partial charge in [-0.1, -0.05) is 12.1 Å². The van der Waals surface area contributed by atoms with E-state index in [1.807, 2.05) is 24.3 Å². The van der Waals surface area contributed by atoms with Gasteiger partial charge < -0.3 is 20.9 Å². The molecule has 0 aliphatic heterocycles. The summed E-state index contributed by atoms with van der Waals surface area (Å²) in [7, 11) is 3.21. The quantitative estimate of drug-likeness (QED) is 0.814. The molecule has 0 aliphatic rings. The largest absolute Gasteiger partial charge is 0.496 e. The monoisotopic (exact) mass is 244 g/mol. The van der Waals surface area contributed by atoms with Crippen molar-refractivity contribution in [1.29, 1.82) is 0 Å². The number of para-hydroxylation sites is 1. The number of nitrogens with two attached hydrogens (primary N) is 2. The molecule has 0 amide bonds. The number of nitrogen functional groups attached to an aromatic ring is 2. The highest BCUT2D eigenvalue weighted by molar-refractivity contribution is 5.82. The first-order chi connectivity index (χ1) is 8.67. The maximum atomic E-state index is 5.90. The molecule has 18 heavy (non-hydrogen) atoms. The number of rotatable bonds is 3. The van der Waals surface area contributed by atoms with E-state index >= 15 is 0 Å². The summed E-state index contributed by atoms with van der Waals surface area (Å²) in [6.07, 6.45) is 0. The van der Waals surface area contributed by atoms with Crippen molar-refractivity contribution in [2.24, 2.45) is 0 Å². The third-order valence-corrected chi connectivity index (χ3v) is 2.76. The van der Waals surface area contributed by atoms with Crippen LogP contribution in [-0.4, -0.2) is 14.2 Å². The predicted molar refractivity (Wildman–Crippen MR) is 73.8 cm³/mol. The van der Waals surface area contributed by atoms with E-state index in [1.54, 1.807) is 26.4 Å². The van der Waals surface area contributed by atoms with Crippen molar-refractivity contribution in [1.82, 2.24) is 0 Å². The van der Waals surface area contributed by atoms with Crippen LogP contribution >= 0.6 is 0 Å². The fourth-order valence-corrected chi connectivity index (χ4v) is 1.93. The highest BCUT2D eigenvalue weighted by Gasteiger charge is 2.13. The first-order valence-corrected chi connectivity index (χ1v) is 5.53. The van der Waals surface area contributed by atoms with Gasteiger partial charge in [0.2, 0.25) is 0 Å². The molecule has 0 saturated heterocycles. The van der Waals surface area contributed by atoms with Gasteiger partial charge in [-0.05, 0) is 24.3 Å². The second kappa shape index (κ2) is 4.87. The van der Waals surface area contributed by atoms with Crippen LogP contribution in [0, 0.1) is 0 Å². The van der Waals surface area contributed by atoms with Crippen LogP contribution in [0.5, 0.6) is 11.5 Å². The minimum absolute atomic E-state index is 0.583. The van der Waals surface area contributed by atoms with Gasteiger partial charge in [-0.3, -0.25) is 0 Å². The van der Waals surface area contributed by atoms with E-state index in [0.717, 1.165) is 16.9 Å². The molecule has 0 heterocycles. The Bertz CT molecular complexity index is 568. The number of benzene rings is 2. The minimum Gasteiger partial charge on any atom is -0.496 e. The number of hydrogen-bond acceptors (Lipinski definition) is 4. The highest BCUT2D eigenvalue weighted by Crippen LogP contribution is 2.40. The predicted octanol–water partition coefficient (Wildman–Crippen LogP) is 2.54. The van der Waals surface area contributed by atoms with Gasteiger partial charge in [0, 0.05) is 16.8 Å². The molecule has 2 aromatic carbocycles. The molecular weight excluding hydrogens is 228 g/mol. The van der Waals surface area contributed by atoms with Crippen molar-refractivity contribution in [2.45, 2.75) is 0 Å². The van der Waals surface area contributed by atoms with Crippen molar-refractivity contribution in [3.63, 3.8) is 0 Å². The van der Waals surface area contributed by atoms with Crippen LogP contribution in [0.3, 0.4) is 0 Å². The van der Waals surface area contributed by atoms with Crippen molar-refractivity contribution < 1.29 is 9.47 Å². The van der Waals surface area contributed by atoms with Crippen molar-refractivity contribution >= 4 is 11.4 Å². The van der Waals surface area contributed by atoms with Gasteiger partial charge in [0.25, 0.3) is 0 Å². The molecule has 0 radical (unpaired) electrons. The Morgan fingerprint density at radius 1 is 0.889 bits per heavy atom. The van der Waals surface area contributed by atoms with Gasteiger partial charge in [-0.2, -0.15) is 0 Å². The van der Waals surface area contributed by atoms with E-state index in [1.165, 1.54) is 0 Å². The fourth-order valence-electron chi connectivity index (χ4n) is 1.93. The molecular formula is C14H16N2O2. The summed E-state index contributed by atoms with van der Waals surface area (Å²) in [5.74, 6) is 1.36. The zero-order valence-corrected chi connectivity index (χ0v) is 10.4. The van der Waals surface area contributed by atoms with Crippen LogP contribution < -0.4 is 20.9 Å². The zero-order valence-electron chi connectivity index (χ0n) is 10.4. The summed E-state index contributed by atoms with van der Waals surface area (Å²) >= 11 is 0. The Kier molecular flexibility index (Phi) is 3.28. The standard InChI is InChI=1S/C14H16N2O2/c1-17-13-7-6-9(15)8-11(13)10-4-3-5-12(16)14(10)18-2/h3-8H,15-16H2,1-2H3. The summed E-state index contributed by atoms with van der Waals surface area (Å²) in [4.78, 5) is 0. The summed E-state index contributed by atoms with van der Waals surface area (Å²) in [6.45, 7) is 0. The zero-order chi connectivity index (χ0) is 13.1. The number of anilines is 2. The van der Waals surface area contributed by atoms with Gasteiger partial charge >= 0.3 is 0 Å². The molecule has 4 heteroatoms. The fraction of sp³-hybridized carbons (Fsp3) is 0.143. The van der Waals surface area contributed by atoms with Crippen LogP contribution in [-0.2, 0) is 0 Å². The topological polar surface area (TPSA) is 70.5 Å². The molecule has 0 fully saturated rings. The number of ether oxygens (including phenoxy) is 2. The molecule has 2 rings (SSSR count). The Labute approximate surface area is 106 Å². The van der Waals surface area contributed by atoms with E-state index < -0.39 is 0 Å². The van der Waals surface area contributed by atoms with Crippen molar-refractivity contribution in [3.05, 3.63) is 36.4 Å². The summed E-state index contributed by atoms with van der Waals surface area (Å²) in [5, 5.41) is 0. The van der Waals surface area contributed by atoms with Crippen LogP contribution in [0.15, 0.2) is 36.4 Å². The number of methoxy groups -OCH3 is 2. The lowest BCUT2D eigenvalue weighted by atomic mass is 10.0. The molecule has 0 bridgehead atoms. The average molecular weight is 244 g/mol. The molecule has 0 aromatic heterocycles. The number of hydrogen-bond donors (Lipinski definition) is 2. The normalized spacial score (nSPS) is 10.1. The van der Waals surface area contributed by atoms with E-state index in [4.69, 9.17) is 20.9 Å². The molecule has 0 spiro atoms. The second-order valence-corrected chi connectivity index (χ2v) is 3.89. The Morgan fingerprint density at radius 2 is 1.67 bits per heavy atom. The SMILES string of the molecule is COc1ccc(N)cc1-c1cccc(N)c1OC. The van der Waals surface area contributed by atoms with Gasteiger partial charge in [0.15, 0.2) is 0 Å². The molecule has 0 atom stereocenters. The van der Waals surface area contributed by atoms with E-state index in [2.05, 4.69) is 0 Å². The molecule has 4 nitrogen and oxygen atoms in total.